The zero-order valence-electron chi connectivity index (χ0n) is 14.4. The predicted octanol–water partition coefficient (Wildman–Crippen LogP) is 6.21. The number of carbonyl (C=O) groups is 1. The molecule has 0 fully saturated rings. The second-order valence-electron chi connectivity index (χ2n) is 6.05. The molecular formula is C20H32O2. The zero-order valence-corrected chi connectivity index (χ0v) is 14.4. The van der Waals surface area contributed by atoms with Crippen LogP contribution in [0.1, 0.15) is 89.7 Å². The van der Waals surface area contributed by atoms with E-state index >= 15 is 0 Å². The number of benzene rings is 1. The van der Waals surface area contributed by atoms with Crippen LogP contribution in [0.3, 0.4) is 0 Å². The minimum Gasteiger partial charge on any atom is -0.457 e. The standard InChI is InChI=1S/C20H32O2/c1-3-5-6-7-8-9-13-17-20(21)22-19(14-4-2)18-15-11-10-12-16-18/h10-12,15-16,19H,3-9,13-14,17H2,1-2H3. The Hall–Kier alpha value is -1.31. The van der Waals surface area contributed by atoms with Gasteiger partial charge in [-0.05, 0) is 18.4 Å². The first-order chi connectivity index (χ1) is 10.8. The van der Waals surface area contributed by atoms with Crippen molar-refractivity contribution < 1.29 is 9.53 Å². The molecular weight excluding hydrogens is 272 g/mol. The quantitative estimate of drug-likeness (QED) is 0.339. The Morgan fingerprint density at radius 2 is 1.55 bits per heavy atom. The SMILES string of the molecule is CCCCCCCCCC(=O)OC(CCC)c1ccccc1. The smallest absolute Gasteiger partial charge is 0.306 e. The Balaban J connectivity index is 2.23. The summed E-state index contributed by atoms with van der Waals surface area (Å²) < 4.78 is 5.68. The molecule has 1 unspecified atom stereocenters. The molecule has 0 aromatic heterocycles. The van der Waals surface area contributed by atoms with E-state index in [2.05, 4.69) is 13.8 Å². The van der Waals surface area contributed by atoms with Crippen molar-refractivity contribution in [3.05, 3.63) is 35.9 Å². The molecule has 0 saturated carbocycles. The van der Waals surface area contributed by atoms with Crippen molar-refractivity contribution >= 4 is 5.97 Å². The lowest BCUT2D eigenvalue weighted by Crippen LogP contribution is -2.11. The molecule has 0 aliphatic heterocycles. The van der Waals surface area contributed by atoms with E-state index in [4.69, 9.17) is 4.74 Å². The highest BCUT2D eigenvalue weighted by Gasteiger charge is 2.15. The molecule has 0 aliphatic rings. The van der Waals surface area contributed by atoms with Gasteiger partial charge in [0.2, 0.25) is 0 Å². The summed E-state index contributed by atoms with van der Waals surface area (Å²) >= 11 is 0. The van der Waals surface area contributed by atoms with Crippen LogP contribution in [0.5, 0.6) is 0 Å². The van der Waals surface area contributed by atoms with Gasteiger partial charge in [0.05, 0.1) is 0 Å². The molecule has 1 rings (SSSR count). The van der Waals surface area contributed by atoms with Gasteiger partial charge in [0.1, 0.15) is 6.10 Å². The fourth-order valence-electron chi connectivity index (χ4n) is 2.67. The van der Waals surface area contributed by atoms with Crippen molar-refractivity contribution in [1.82, 2.24) is 0 Å². The van der Waals surface area contributed by atoms with Crippen LogP contribution in [0, 0.1) is 0 Å². The van der Waals surface area contributed by atoms with Crippen LogP contribution in [0.2, 0.25) is 0 Å². The topological polar surface area (TPSA) is 26.3 Å². The van der Waals surface area contributed by atoms with E-state index in [1.165, 1.54) is 32.1 Å². The number of hydrogen-bond acceptors (Lipinski definition) is 2. The molecule has 22 heavy (non-hydrogen) atoms. The summed E-state index contributed by atoms with van der Waals surface area (Å²) in [4.78, 5) is 12.0. The third-order valence-electron chi connectivity index (χ3n) is 3.98. The van der Waals surface area contributed by atoms with E-state index in [1.807, 2.05) is 30.3 Å². The molecule has 2 heteroatoms. The van der Waals surface area contributed by atoms with Crippen LogP contribution in [0.4, 0.5) is 0 Å². The van der Waals surface area contributed by atoms with Crippen LogP contribution in [-0.2, 0) is 9.53 Å². The molecule has 2 nitrogen and oxygen atoms in total. The molecule has 124 valence electrons. The van der Waals surface area contributed by atoms with Gasteiger partial charge in [0, 0.05) is 6.42 Å². The first-order valence-corrected chi connectivity index (χ1v) is 9.02. The summed E-state index contributed by atoms with van der Waals surface area (Å²) in [5, 5.41) is 0. The Kier molecular flexibility index (Phi) is 10.4. The molecule has 0 heterocycles. The highest BCUT2D eigenvalue weighted by Crippen LogP contribution is 2.23. The third-order valence-corrected chi connectivity index (χ3v) is 3.98. The molecule has 0 aliphatic carbocycles. The van der Waals surface area contributed by atoms with Gasteiger partial charge in [-0.2, -0.15) is 0 Å². The normalized spacial score (nSPS) is 12.1. The van der Waals surface area contributed by atoms with Crippen LogP contribution in [-0.4, -0.2) is 5.97 Å². The van der Waals surface area contributed by atoms with Crippen LogP contribution >= 0.6 is 0 Å². The monoisotopic (exact) mass is 304 g/mol. The zero-order chi connectivity index (χ0) is 16.0. The van der Waals surface area contributed by atoms with Gasteiger partial charge < -0.3 is 4.74 Å². The third kappa shape index (κ3) is 8.21. The van der Waals surface area contributed by atoms with E-state index in [1.54, 1.807) is 0 Å². The van der Waals surface area contributed by atoms with Gasteiger partial charge in [-0.25, -0.2) is 0 Å². The molecule has 0 spiro atoms. The van der Waals surface area contributed by atoms with Gasteiger partial charge >= 0.3 is 5.97 Å². The van der Waals surface area contributed by atoms with E-state index in [-0.39, 0.29) is 12.1 Å². The number of hydrogen-bond donors (Lipinski definition) is 0. The number of esters is 1. The molecule has 0 saturated heterocycles. The van der Waals surface area contributed by atoms with Crippen molar-refractivity contribution in [1.29, 1.82) is 0 Å². The van der Waals surface area contributed by atoms with Crippen LogP contribution < -0.4 is 0 Å². The Morgan fingerprint density at radius 3 is 2.18 bits per heavy atom. The molecule has 1 aromatic rings. The lowest BCUT2D eigenvalue weighted by molar-refractivity contribution is -0.150. The van der Waals surface area contributed by atoms with Crippen molar-refractivity contribution in [2.45, 2.75) is 84.2 Å². The molecule has 0 bridgehead atoms. The van der Waals surface area contributed by atoms with Crippen molar-refractivity contribution in [2.24, 2.45) is 0 Å². The average Bonchev–Trinajstić information content (AvgIpc) is 2.54. The molecule has 1 aromatic carbocycles. The summed E-state index contributed by atoms with van der Waals surface area (Å²) in [6.45, 7) is 4.36. The minimum atomic E-state index is -0.0803. The summed E-state index contributed by atoms with van der Waals surface area (Å²) in [6, 6.07) is 10.1. The first-order valence-electron chi connectivity index (χ1n) is 9.02. The summed E-state index contributed by atoms with van der Waals surface area (Å²) in [6.07, 6.45) is 11.0. The van der Waals surface area contributed by atoms with Crippen LogP contribution in [0.25, 0.3) is 0 Å². The maximum absolute atomic E-state index is 12.0. The number of ether oxygens (including phenoxy) is 1. The second-order valence-corrected chi connectivity index (χ2v) is 6.05. The lowest BCUT2D eigenvalue weighted by atomic mass is 10.1. The predicted molar refractivity (Wildman–Crippen MR) is 92.8 cm³/mol. The molecule has 0 N–H and O–H groups in total. The largest absolute Gasteiger partial charge is 0.457 e. The fourth-order valence-corrected chi connectivity index (χ4v) is 2.67. The Morgan fingerprint density at radius 1 is 0.909 bits per heavy atom. The van der Waals surface area contributed by atoms with Crippen molar-refractivity contribution in [2.75, 3.05) is 0 Å². The molecule has 1 atom stereocenters. The Labute approximate surface area is 136 Å². The van der Waals surface area contributed by atoms with Gasteiger partial charge in [0.15, 0.2) is 0 Å². The maximum Gasteiger partial charge on any atom is 0.306 e. The number of rotatable bonds is 12. The second kappa shape index (κ2) is 12.3. The van der Waals surface area contributed by atoms with Gasteiger partial charge in [-0.15, -0.1) is 0 Å². The summed E-state index contributed by atoms with van der Waals surface area (Å²) in [5.41, 5.74) is 1.11. The van der Waals surface area contributed by atoms with Gasteiger partial charge in [-0.1, -0.05) is 89.1 Å². The fraction of sp³-hybridized carbons (Fsp3) is 0.650. The Bertz CT molecular complexity index is 386. The number of unbranched alkanes of at least 4 members (excludes halogenated alkanes) is 6. The molecule has 0 radical (unpaired) electrons. The van der Waals surface area contributed by atoms with Gasteiger partial charge in [-0.3, -0.25) is 4.79 Å². The van der Waals surface area contributed by atoms with Gasteiger partial charge in [0.25, 0.3) is 0 Å². The maximum atomic E-state index is 12.0. The van der Waals surface area contributed by atoms with Crippen molar-refractivity contribution in [3.8, 4) is 0 Å². The number of carbonyl (C=O) groups excluding carboxylic acids is 1. The summed E-state index contributed by atoms with van der Waals surface area (Å²) in [7, 11) is 0. The highest BCUT2D eigenvalue weighted by molar-refractivity contribution is 5.69. The minimum absolute atomic E-state index is 0.0455. The average molecular weight is 304 g/mol. The van der Waals surface area contributed by atoms with E-state index < -0.39 is 0 Å². The molecule has 0 amide bonds. The van der Waals surface area contributed by atoms with E-state index in [0.717, 1.165) is 31.2 Å². The summed E-state index contributed by atoms with van der Waals surface area (Å²) in [5.74, 6) is -0.0455. The van der Waals surface area contributed by atoms with Crippen LogP contribution in [0.15, 0.2) is 30.3 Å². The first kappa shape index (κ1) is 18.7. The highest BCUT2D eigenvalue weighted by atomic mass is 16.5. The van der Waals surface area contributed by atoms with Crippen molar-refractivity contribution in [3.63, 3.8) is 0 Å². The van der Waals surface area contributed by atoms with E-state index in [0.29, 0.717) is 6.42 Å². The lowest BCUT2D eigenvalue weighted by Gasteiger charge is -2.17. The van der Waals surface area contributed by atoms with E-state index in [9.17, 15) is 4.79 Å².